The summed E-state index contributed by atoms with van der Waals surface area (Å²) < 4.78 is 26.6. The minimum atomic E-state index is -3.06. The summed E-state index contributed by atoms with van der Waals surface area (Å²) in [6, 6.07) is 0.721. The van der Waals surface area contributed by atoms with Crippen molar-refractivity contribution in [2.75, 3.05) is 18.8 Å². The first kappa shape index (κ1) is 16.2. The molecule has 2 fully saturated rings. The molecule has 0 spiro atoms. The maximum Gasteiger partial charge on any atom is 0.211 e. The number of unbranched alkanes of at least 4 members (excludes halogenated alkanes) is 1. The van der Waals surface area contributed by atoms with Gasteiger partial charge >= 0.3 is 0 Å². The first-order valence-electron chi connectivity index (χ1n) is 8.26. The fourth-order valence-corrected chi connectivity index (χ4v) is 4.08. The molecule has 0 aromatic rings. The van der Waals surface area contributed by atoms with Crippen LogP contribution in [0.15, 0.2) is 0 Å². The van der Waals surface area contributed by atoms with Gasteiger partial charge in [0.2, 0.25) is 10.0 Å². The third kappa shape index (κ3) is 6.55. The predicted molar refractivity (Wildman–Crippen MR) is 83.2 cm³/mol. The number of hydrogen-bond acceptors (Lipinski definition) is 3. The van der Waals surface area contributed by atoms with Gasteiger partial charge in [0.05, 0.1) is 5.75 Å². The Morgan fingerprint density at radius 2 is 1.70 bits per heavy atom. The van der Waals surface area contributed by atoms with Gasteiger partial charge in [-0.15, -0.1) is 0 Å². The van der Waals surface area contributed by atoms with Crippen LogP contribution in [0.25, 0.3) is 0 Å². The highest BCUT2D eigenvalue weighted by molar-refractivity contribution is 7.89. The molecule has 2 aliphatic rings. The second kappa shape index (κ2) is 7.76. The molecular formula is C15H30N2O2S. The number of sulfonamides is 1. The second-order valence-electron chi connectivity index (χ2n) is 6.73. The Balaban J connectivity index is 1.53. The Kier molecular flexibility index (Phi) is 6.30. The Bertz CT molecular complexity index is 371. The lowest BCUT2D eigenvalue weighted by atomic mass is 9.83. The van der Waals surface area contributed by atoms with Crippen molar-refractivity contribution in [3.05, 3.63) is 0 Å². The van der Waals surface area contributed by atoms with E-state index >= 15 is 0 Å². The second-order valence-corrected chi connectivity index (χ2v) is 8.66. The lowest BCUT2D eigenvalue weighted by Gasteiger charge is -2.26. The smallest absolute Gasteiger partial charge is 0.211 e. The molecule has 0 heterocycles. The highest BCUT2D eigenvalue weighted by Crippen LogP contribution is 2.27. The van der Waals surface area contributed by atoms with E-state index in [0.29, 0.717) is 12.5 Å². The van der Waals surface area contributed by atoms with Gasteiger partial charge in [-0.3, -0.25) is 0 Å². The zero-order chi connectivity index (χ0) is 14.4. The van der Waals surface area contributed by atoms with Crippen molar-refractivity contribution < 1.29 is 8.42 Å². The maximum atomic E-state index is 11.9. The quantitative estimate of drug-likeness (QED) is 0.642. The van der Waals surface area contributed by atoms with Gasteiger partial charge in [0, 0.05) is 12.6 Å². The summed E-state index contributed by atoms with van der Waals surface area (Å²) in [6.07, 6.45) is 9.15. The van der Waals surface area contributed by atoms with Crippen LogP contribution < -0.4 is 10.0 Å². The molecule has 0 aromatic carbocycles. The molecule has 2 rings (SSSR count). The van der Waals surface area contributed by atoms with Crippen molar-refractivity contribution in [1.29, 1.82) is 0 Å². The Morgan fingerprint density at radius 1 is 1.00 bits per heavy atom. The van der Waals surface area contributed by atoms with Gasteiger partial charge in [-0.1, -0.05) is 19.8 Å². The van der Waals surface area contributed by atoms with E-state index in [1.807, 2.05) is 0 Å². The summed E-state index contributed by atoms with van der Waals surface area (Å²) in [5, 5.41) is 3.42. The molecule has 0 aliphatic heterocycles. The molecule has 0 aromatic heterocycles. The lowest BCUT2D eigenvalue weighted by molar-refractivity contribution is 0.290. The normalized spacial score (nSPS) is 27.6. The topological polar surface area (TPSA) is 58.2 Å². The zero-order valence-corrected chi connectivity index (χ0v) is 13.6. The van der Waals surface area contributed by atoms with E-state index < -0.39 is 10.0 Å². The third-order valence-electron chi connectivity index (χ3n) is 4.58. The summed E-state index contributed by atoms with van der Waals surface area (Å²) in [5.74, 6) is 1.65. The van der Waals surface area contributed by atoms with Crippen molar-refractivity contribution in [2.45, 2.75) is 64.3 Å². The van der Waals surface area contributed by atoms with E-state index in [1.54, 1.807) is 0 Å². The first-order chi connectivity index (χ1) is 9.55. The molecule has 2 N–H and O–H groups in total. The minimum absolute atomic E-state index is 0.280. The first-order valence-corrected chi connectivity index (χ1v) is 9.91. The number of nitrogens with one attached hydrogen (secondary N) is 2. The summed E-state index contributed by atoms with van der Waals surface area (Å²) >= 11 is 0. The molecular weight excluding hydrogens is 272 g/mol. The SMILES string of the molecule is CC1CCC(CNS(=O)(=O)CCCCNC2CC2)CC1. The highest BCUT2D eigenvalue weighted by Gasteiger charge is 2.21. The van der Waals surface area contributed by atoms with E-state index in [0.717, 1.165) is 31.3 Å². The molecule has 20 heavy (non-hydrogen) atoms. The molecule has 4 nitrogen and oxygen atoms in total. The van der Waals surface area contributed by atoms with E-state index in [1.165, 1.54) is 38.5 Å². The van der Waals surface area contributed by atoms with Gasteiger partial charge < -0.3 is 5.32 Å². The van der Waals surface area contributed by atoms with Crippen molar-refractivity contribution in [3.63, 3.8) is 0 Å². The maximum absolute atomic E-state index is 11.9. The molecule has 0 amide bonds. The number of hydrogen-bond donors (Lipinski definition) is 2. The lowest BCUT2D eigenvalue weighted by Crippen LogP contribution is -2.33. The van der Waals surface area contributed by atoms with Crippen molar-refractivity contribution in [2.24, 2.45) is 11.8 Å². The number of rotatable bonds is 9. The van der Waals surface area contributed by atoms with Crippen LogP contribution in [-0.2, 0) is 10.0 Å². The van der Waals surface area contributed by atoms with Crippen LogP contribution in [0.4, 0.5) is 0 Å². The molecule has 2 aliphatic carbocycles. The van der Waals surface area contributed by atoms with E-state index in [-0.39, 0.29) is 5.75 Å². The third-order valence-corrected chi connectivity index (χ3v) is 6.01. The van der Waals surface area contributed by atoms with Crippen LogP contribution in [0.3, 0.4) is 0 Å². The zero-order valence-electron chi connectivity index (χ0n) is 12.7. The molecule has 0 bridgehead atoms. The van der Waals surface area contributed by atoms with Crippen molar-refractivity contribution in [1.82, 2.24) is 10.0 Å². The van der Waals surface area contributed by atoms with Crippen molar-refractivity contribution >= 4 is 10.0 Å². The fraction of sp³-hybridized carbons (Fsp3) is 1.00. The van der Waals surface area contributed by atoms with Gasteiger partial charge in [-0.25, -0.2) is 13.1 Å². The van der Waals surface area contributed by atoms with Crippen molar-refractivity contribution in [3.8, 4) is 0 Å². The van der Waals surface area contributed by atoms with Crippen LogP contribution in [0, 0.1) is 11.8 Å². The highest BCUT2D eigenvalue weighted by atomic mass is 32.2. The van der Waals surface area contributed by atoms with Gasteiger partial charge in [-0.05, 0) is 56.9 Å². The summed E-state index contributed by atoms with van der Waals surface area (Å²) in [5.41, 5.74) is 0. The van der Waals surface area contributed by atoms with Crippen LogP contribution >= 0.6 is 0 Å². The molecule has 0 unspecified atom stereocenters. The predicted octanol–water partition coefficient (Wildman–Crippen LogP) is 2.26. The Morgan fingerprint density at radius 3 is 2.35 bits per heavy atom. The van der Waals surface area contributed by atoms with Crippen LogP contribution in [0.5, 0.6) is 0 Å². The van der Waals surface area contributed by atoms with Crippen LogP contribution in [0.2, 0.25) is 0 Å². The monoisotopic (exact) mass is 302 g/mol. The van der Waals surface area contributed by atoms with E-state index in [2.05, 4.69) is 17.0 Å². The van der Waals surface area contributed by atoms with E-state index in [4.69, 9.17) is 0 Å². The largest absolute Gasteiger partial charge is 0.314 e. The molecule has 5 heteroatoms. The summed E-state index contributed by atoms with van der Waals surface area (Å²) in [7, 11) is -3.06. The average molecular weight is 302 g/mol. The standard InChI is InChI=1S/C15H30N2O2S/c1-13-4-6-14(7-5-13)12-17-20(18,19)11-3-2-10-16-15-8-9-15/h13-17H,2-12H2,1H3. The molecule has 118 valence electrons. The average Bonchev–Trinajstić information content (AvgIpc) is 3.22. The van der Waals surface area contributed by atoms with Crippen LogP contribution in [-0.4, -0.2) is 33.3 Å². The fourth-order valence-electron chi connectivity index (χ4n) is 2.86. The van der Waals surface area contributed by atoms with Gasteiger partial charge in [0.25, 0.3) is 0 Å². The van der Waals surface area contributed by atoms with Gasteiger partial charge in [-0.2, -0.15) is 0 Å². The van der Waals surface area contributed by atoms with E-state index in [9.17, 15) is 8.42 Å². The van der Waals surface area contributed by atoms with Crippen LogP contribution in [0.1, 0.15) is 58.3 Å². The summed E-state index contributed by atoms with van der Waals surface area (Å²) in [6.45, 7) is 3.89. The summed E-state index contributed by atoms with van der Waals surface area (Å²) in [4.78, 5) is 0. The minimum Gasteiger partial charge on any atom is -0.314 e. The van der Waals surface area contributed by atoms with Gasteiger partial charge in [0.15, 0.2) is 0 Å². The molecule has 0 saturated heterocycles. The molecule has 0 radical (unpaired) electrons. The molecule has 2 saturated carbocycles. The molecule has 0 atom stereocenters. The Hall–Kier alpha value is -0.130. The van der Waals surface area contributed by atoms with Gasteiger partial charge in [0.1, 0.15) is 0 Å². The Labute approximate surface area is 124 Å².